The summed E-state index contributed by atoms with van der Waals surface area (Å²) in [6.07, 6.45) is 39.1. The number of nitrogens with zero attached hydrogens (tertiary/aromatic N) is 4. The Balaban J connectivity index is 0.628. The Kier molecular flexibility index (Phi) is 15.1. The summed E-state index contributed by atoms with van der Waals surface area (Å²) >= 11 is 0. The first-order valence-electron chi connectivity index (χ1n) is 34.9. The summed E-state index contributed by atoms with van der Waals surface area (Å²) in [5.74, 6) is 0.199. The van der Waals surface area contributed by atoms with Gasteiger partial charge in [-0.3, -0.25) is 8.80 Å². The van der Waals surface area contributed by atoms with Crippen LogP contribution in [-0.4, -0.2) is 18.8 Å². The summed E-state index contributed by atoms with van der Waals surface area (Å²) < 4.78 is 36.2. The molecule has 2 unspecified atom stereocenters. The predicted molar refractivity (Wildman–Crippen MR) is 419 cm³/mol. The normalized spacial score (nSPS) is 17.1. The number of hydrogen-bond acceptors (Lipinski definition) is 4. The van der Waals surface area contributed by atoms with Crippen LogP contribution in [0.3, 0.4) is 0 Å². The highest BCUT2D eigenvalue weighted by atomic mass is 31.2. The van der Waals surface area contributed by atoms with Gasteiger partial charge in [0.2, 0.25) is 0 Å². The van der Waals surface area contributed by atoms with Gasteiger partial charge >= 0.3 is 0 Å². The molecule has 0 fully saturated rings. The molecule has 18 rings (SSSR count). The number of pyridine rings is 2. The highest BCUT2D eigenvalue weighted by Crippen LogP contribution is 2.63. The minimum Gasteiger partial charge on any atom is -0.309 e. The minimum absolute atomic E-state index is 0.199. The molecule has 5 aliphatic carbocycles. The maximum atomic E-state index is 16.3. The molecule has 9 aromatic carbocycles. The van der Waals surface area contributed by atoms with E-state index in [1.54, 1.807) is 0 Å². The number of benzene rings is 9. The van der Waals surface area contributed by atoms with Crippen LogP contribution in [-0.2, 0) is 22.0 Å². The zero-order valence-electron chi connectivity index (χ0n) is 55.4. The van der Waals surface area contributed by atoms with E-state index in [4.69, 9.17) is 9.97 Å². The Labute approximate surface area is 576 Å². The number of aryl methyl sites for hydroxylation is 2. The molecule has 0 radical (unpaired) electrons. The third-order valence-corrected chi connectivity index (χ3v) is 27.7. The second-order valence-electron chi connectivity index (χ2n) is 27.0. The van der Waals surface area contributed by atoms with Crippen LogP contribution in [0.5, 0.6) is 0 Å². The summed E-state index contributed by atoms with van der Waals surface area (Å²) in [5, 5.41) is 14.2. The van der Waals surface area contributed by atoms with Crippen molar-refractivity contribution in [3.63, 3.8) is 0 Å². The van der Waals surface area contributed by atoms with Gasteiger partial charge in [-0.15, -0.1) is 0 Å². The molecule has 0 saturated carbocycles. The van der Waals surface area contributed by atoms with Crippen LogP contribution in [0.15, 0.2) is 284 Å². The highest BCUT2D eigenvalue weighted by molar-refractivity contribution is 7.85. The SMILES string of the molecule is C=c1cc(P(=O)(C2=CCCC=C2)C2=CC=C(c3ccc4c5cc(C6C=CC(c7ccc(P(=O)(c8ccccc8)c8ccccc8)cc7)=CC6)ccc5n5c6c(nc5c4c3)C=CCC6)CC2)cc/c1=C/C(=C\C)c1ccc(-c2ccc3c(c2)c2ccccc2c2nc4c(n32)CCC=C4)cc1. The minimum atomic E-state index is -3.25. The van der Waals surface area contributed by atoms with E-state index in [0.29, 0.717) is 6.42 Å². The number of aromatic nitrogens is 4. The number of fused-ring (bicyclic) bond motifs is 16. The zero-order chi connectivity index (χ0) is 66.3. The van der Waals surface area contributed by atoms with Crippen LogP contribution < -0.4 is 31.7 Å². The fourth-order valence-electron chi connectivity index (χ4n) is 16.2. The molecule has 478 valence electrons. The quantitative estimate of drug-likeness (QED) is 0.0903. The average molecular weight is 1320 g/mol. The van der Waals surface area contributed by atoms with Gasteiger partial charge < -0.3 is 9.13 Å². The number of imidazole rings is 2. The monoisotopic (exact) mass is 1310 g/mol. The number of rotatable bonds is 12. The van der Waals surface area contributed by atoms with Crippen molar-refractivity contribution < 1.29 is 9.13 Å². The van der Waals surface area contributed by atoms with Crippen molar-refractivity contribution in [2.45, 2.75) is 70.6 Å². The van der Waals surface area contributed by atoms with Gasteiger partial charge in [-0.05, 0) is 196 Å². The molecular formula is C91H72N4O2P2. The lowest BCUT2D eigenvalue weighted by Crippen LogP contribution is -2.28. The first kappa shape index (κ1) is 60.7. The summed E-state index contributed by atoms with van der Waals surface area (Å²) in [6.45, 7) is 6.72. The van der Waals surface area contributed by atoms with E-state index in [1.807, 2.05) is 60.7 Å². The van der Waals surface area contributed by atoms with Crippen molar-refractivity contribution >= 4 is 132 Å². The Morgan fingerprint density at radius 3 is 1.75 bits per heavy atom. The van der Waals surface area contributed by atoms with Gasteiger partial charge in [0.05, 0.1) is 33.8 Å². The summed E-state index contributed by atoms with van der Waals surface area (Å²) in [7, 11) is -6.33. The standard InChI is InChI=1S/C91H72N4O2P2/c1-3-61(62-31-35-65(36-32-62)70-45-53-86-81(57-70)78-25-13-14-26-80(78)90-92-84-27-15-17-29-88(84)94(86)90)56-68-43-51-77(55-60(68)2)99(97,74-23-11-6-12-24-74)76-49-41-67(42-50-76)69-44-52-79-82-58-71(46-54-87(82)95-89-30-18-16-28-85(89)93-91(95)83(79)59-69)66-37-33-63(34-38-66)64-39-47-75(48-40-64)98(96,72-19-7-4-8-20-72)73-21-9-5-10-22-73/h3-5,7-11,13-16,19-28,31-37,39-41,43-49,51-59,66H,2,6,12,17-18,29-30,38,42,50H2,1H3/b61-3+,68-56-. The maximum absolute atomic E-state index is 16.3. The van der Waals surface area contributed by atoms with Gasteiger partial charge in [0, 0.05) is 54.0 Å². The fourth-order valence-corrected chi connectivity index (χ4v) is 21.8. The van der Waals surface area contributed by atoms with Crippen LogP contribution in [0.25, 0.3) is 107 Å². The van der Waals surface area contributed by atoms with Gasteiger partial charge in [0.1, 0.15) is 11.3 Å². The molecule has 0 spiro atoms. The predicted octanol–water partition coefficient (Wildman–Crippen LogP) is 20.2. The average Bonchev–Trinajstić information content (AvgIpc) is 1.03. The zero-order valence-corrected chi connectivity index (χ0v) is 57.1. The molecule has 8 heteroatoms. The van der Waals surface area contributed by atoms with E-state index in [1.165, 1.54) is 71.6 Å². The Hall–Kier alpha value is -10.7. The topological polar surface area (TPSA) is 68.7 Å². The van der Waals surface area contributed by atoms with Gasteiger partial charge in [0.25, 0.3) is 0 Å². The Morgan fingerprint density at radius 2 is 1.09 bits per heavy atom. The van der Waals surface area contributed by atoms with Crippen molar-refractivity contribution in [3.8, 4) is 11.1 Å². The van der Waals surface area contributed by atoms with Crippen molar-refractivity contribution in [3.05, 3.63) is 339 Å². The molecular weight excluding hydrogens is 1240 g/mol. The lowest BCUT2D eigenvalue weighted by Gasteiger charge is -2.27. The van der Waals surface area contributed by atoms with E-state index in [9.17, 15) is 0 Å². The van der Waals surface area contributed by atoms with Crippen LogP contribution in [0, 0.1) is 0 Å². The maximum Gasteiger partial charge on any atom is 0.171 e. The summed E-state index contributed by atoms with van der Waals surface area (Å²) in [4.78, 5) is 10.5. The van der Waals surface area contributed by atoms with E-state index >= 15 is 9.13 Å². The van der Waals surface area contributed by atoms with Crippen molar-refractivity contribution in [1.29, 1.82) is 0 Å². The summed E-state index contributed by atoms with van der Waals surface area (Å²) in [6, 6.07) is 72.9. The number of hydrogen-bond donors (Lipinski definition) is 0. The smallest absolute Gasteiger partial charge is 0.171 e. The molecule has 4 aromatic heterocycles. The molecule has 0 bridgehead atoms. The molecule has 99 heavy (non-hydrogen) atoms. The van der Waals surface area contributed by atoms with E-state index in [0.717, 1.165) is 150 Å². The van der Waals surface area contributed by atoms with Gasteiger partial charge in [0.15, 0.2) is 14.3 Å². The van der Waals surface area contributed by atoms with Crippen LogP contribution >= 0.6 is 14.3 Å². The molecule has 0 aliphatic heterocycles. The summed E-state index contributed by atoms with van der Waals surface area (Å²) in [5.41, 5.74) is 19.5. The highest BCUT2D eigenvalue weighted by Gasteiger charge is 2.35. The molecule has 0 N–H and O–H groups in total. The molecule has 13 aromatic rings. The Morgan fingerprint density at radius 1 is 0.485 bits per heavy atom. The van der Waals surface area contributed by atoms with Crippen molar-refractivity contribution in [2.24, 2.45) is 0 Å². The van der Waals surface area contributed by atoms with Crippen LogP contribution in [0.1, 0.15) is 103 Å². The van der Waals surface area contributed by atoms with E-state index in [-0.39, 0.29) is 5.92 Å². The van der Waals surface area contributed by atoms with Crippen molar-refractivity contribution in [2.75, 3.05) is 0 Å². The molecule has 0 amide bonds. The number of allylic oxidation sites excluding steroid dienone is 16. The first-order valence-corrected chi connectivity index (χ1v) is 38.4. The van der Waals surface area contributed by atoms with E-state index < -0.39 is 14.3 Å². The Bertz CT molecular complexity index is 6050. The lowest BCUT2D eigenvalue weighted by atomic mass is 9.87. The van der Waals surface area contributed by atoms with Gasteiger partial charge in [-0.2, -0.15) is 0 Å². The van der Waals surface area contributed by atoms with Gasteiger partial charge in [-0.25, -0.2) is 9.97 Å². The molecule has 2 atom stereocenters. The fraction of sp³-hybridized carbons (Fsp3) is 0.121. The molecule has 5 aliphatic rings. The third kappa shape index (κ3) is 10.3. The lowest BCUT2D eigenvalue weighted by molar-refractivity contribution is 0.587. The second kappa shape index (κ2) is 24.7. The van der Waals surface area contributed by atoms with Crippen LogP contribution in [0.2, 0.25) is 0 Å². The largest absolute Gasteiger partial charge is 0.309 e. The third-order valence-electron chi connectivity index (χ3n) is 21.4. The molecule has 0 saturated heterocycles. The van der Waals surface area contributed by atoms with E-state index in [2.05, 4.69) is 253 Å². The van der Waals surface area contributed by atoms with Crippen LogP contribution in [0.4, 0.5) is 0 Å². The molecule has 4 heterocycles. The second-order valence-corrected chi connectivity index (χ2v) is 32.6. The molecule has 6 nitrogen and oxygen atoms in total. The first-order chi connectivity index (χ1) is 48.7. The van der Waals surface area contributed by atoms with Crippen molar-refractivity contribution in [1.82, 2.24) is 18.8 Å². The van der Waals surface area contributed by atoms with Gasteiger partial charge in [-0.1, -0.05) is 243 Å².